The van der Waals surface area contributed by atoms with Crippen molar-refractivity contribution >= 4 is 11.9 Å². The summed E-state index contributed by atoms with van der Waals surface area (Å²) in [5.74, 6) is -0.0755. The van der Waals surface area contributed by atoms with Crippen LogP contribution in [-0.2, 0) is 14.3 Å². The van der Waals surface area contributed by atoms with Gasteiger partial charge in [-0.05, 0) is 89.9 Å². The van der Waals surface area contributed by atoms with E-state index in [1.807, 2.05) is 6.08 Å². The number of esters is 1. The Labute approximate surface area is 461 Å². The molecule has 2 unspecified atom stereocenters. The third kappa shape index (κ3) is 59.1. The molecule has 434 valence electrons. The molecule has 3 N–H and O–H groups in total. The van der Waals surface area contributed by atoms with Crippen LogP contribution in [0.3, 0.4) is 0 Å². The number of carbonyl (C=O) groups is 2. The molecule has 2 atom stereocenters. The normalized spacial score (nSPS) is 12.9. The number of aliphatic hydroxyl groups excluding tert-OH is 2. The number of carbonyl (C=O) groups excluding carboxylic acids is 2. The number of allylic oxidation sites excluding steroid dienone is 7. The first-order valence-corrected chi connectivity index (χ1v) is 32.9. The van der Waals surface area contributed by atoms with Crippen LogP contribution in [0, 0.1) is 0 Å². The number of ether oxygens (including phenoxy) is 1. The van der Waals surface area contributed by atoms with E-state index in [1.54, 1.807) is 6.08 Å². The van der Waals surface area contributed by atoms with Gasteiger partial charge in [0.05, 0.1) is 25.4 Å². The molecule has 0 heterocycles. The standard InChI is InChI=1S/C68H127NO5/c1-3-5-7-9-11-13-15-17-19-20-26-29-33-36-40-44-48-52-56-60-66(71)65(64-70)69-67(72)61-57-53-49-45-41-37-34-30-27-24-22-21-23-25-28-31-35-39-43-47-51-55-59-63-74-68(73)62-58-54-50-46-42-38-32-18-16-14-12-10-8-6-4-2/h12,14,18,24,27,32,56,60,65-66,70-71H,3-11,13,15-17,19-23,25-26,28-31,33-55,57-59,61-64H2,1-2H3,(H,69,72)/b14-12-,27-24-,32-18-,60-56+. The molecule has 0 saturated carbocycles. The third-order valence-electron chi connectivity index (χ3n) is 15.1. The largest absolute Gasteiger partial charge is 0.466 e. The molecule has 0 fully saturated rings. The molecule has 0 aromatic rings. The van der Waals surface area contributed by atoms with Crippen LogP contribution in [0.2, 0.25) is 0 Å². The van der Waals surface area contributed by atoms with Gasteiger partial charge in [0, 0.05) is 12.8 Å². The summed E-state index contributed by atoms with van der Waals surface area (Å²) in [7, 11) is 0. The lowest BCUT2D eigenvalue weighted by atomic mass is 10.0. The quantitative estimate of drug-likeness (QED) is 0.0320. The second kappa shape index (κ2) is 63.4. The fourth-order valence-electron chi connectivity index (χ4n) is 10.0. The van der Waals surface area contributed by atoms with E-state index in [0.29, 0.717) is 19.4 Å². The van der Waals surface area contributed by atoms with Crippen molar-refractivity contribution in [3.63, 3.8) is 0 Å². The van der Waals surface area contributed by atoms with E-state index < -0.39 is 12.1 Å². The lowest BCUT2D eigenvalue weighted by Crippen LogP contribution is -2.45. The molecule has 0 bridgehead atoms. The number of aliphatic hydroxyl groups is 2. The Balaban J connectivity index is 3.45. The number of unbranched alkanes of at least 4 members (excludes halogenated alkanes) is 44. The molecule has 6 nitrogen and oxygen atoms in total. The summed E-state index contributed by atoms with van der Waals surface area (Å²) in [5, 5.41) is 23.2. The summed E-state index contributed by atoms with van der Waals surface area (Å²) in [4.78, 5) is 24.6. The molecular formula is C68H127NO5. The summed E-state index contributed by atoms with van der Waals surface area (Å²) in [6.07, 6.45) is 81.6. The van der Waals surface area contributed by atoms with Gasteiger partial charge in [0.25, 0.3) is 0 Å². The Kier molecular flexibility index (Phi) is 61.5. The van der Waals surface area contributed by atoms with Gasteiger partial charge in [0.1, 0.15) is 0 Å². The monoisotopic (exact) mass is 1040 g/mol. The molecule has 0 spiro atoms. The van der Waals surface area contributed by atoms with Crippen molar-refractivity contribution in [2.75, 3.05) is 13.2 Å². The summed E-state index contributed by atoms with van der Waals surface area (Å²) in [5.41, 5.74) is 0. The maximum atomic E-state index is 12.5. The summed E-state index contributed by atoms with van der Waals surface area (Å²) >= 11 is 0. The maximum Gasteiger partial charge on any atom is 0.305 e. The van der Waals surface area contributed by atoms with Crippen molar-refractivity contribution in [3.05, 3.63) is 48.6 Å². The van der Waals surface area contributed by atoms with Crippen molar-refractivity contribution in [2.45, 2.75) is 360 Å². The second-order valence-electron chi connectivity index (χ2n) is 22.4. The molecule has 0 aliphatic carbocycles. The van der Waals surface area contributed by atoms with E-state index in [2.05, 4.69) is 55.6 Å². The molecule has 1 amide bonds. The van der Waals surface area contributed by atoms with Crippen molar-refractivity contribution in [2.24, 2.45) is 0 Å². The van der Waals surface area contributed by atoms with Gasteiger partial charge in [0.15, 0.2) is 0 Å². The highest BCUT2D eigenvalue weighted by Gasteiger charge is 2.18. The van der Waals surface area contributed by atoms with E-state index in [1.165, 1.54) is 263 Å². The van der Waals surface area contributed by atoms with Gasteiger partial charge in [-0.15, -0.1) is 0 Å². The first-order valence-electron chi connectivity index (χ1n) is 32.9. The highest BCUT2D eigenvalue weighted by atomic mass is 16.5. The average Bonchev–Trinajstić information content (AvgIpc) is 3.40. The zero-order chi connectivity index (χ0) is 53.6. The molecule has 6 heteroatoms. The van der Waals surface area contributed by atoms with Gasteiger partial charge in [0.2, 0.25) is 5.91 Å². The fourth-order valence-corrected chi connectivity index (χ4v) is 10.0. The van der Waals surface area contributed by atoms with Gasteiger partial charge in [-0.3, -0.25) is 9.59 Å². The Morgan fingerprint density at radius 1 is 0.378 bits per heavy atom. The molecule has 0 saturated heterocycles. The number of rotatable bonds is 61. The Morgan fingerprint density at radius 3 is 1.07 bits per heavy atom. The summed E-state index contributed by atoms with van der Waals surface area (Å²) in [6.45, 7) is 4.89. The van der Waals surface area contributed by atoms with Crippen LogP contribution in [0.5, 0.6) is 0 Å². The average molecular weight is 1040 g/mol. The lowest BCUT2D eigenvalue weighted by molar-refractivity contribution is -0.143. The van der Waals surface area contributed by atoms with Crippen LogP contribution in [0.4, 0.5) is 0 Å². The maximum absolute atomic E-state index is 12.5. The van der Waals surface area contributed by atoms with Crippen LogP contribution in [0.25, 0.3) is 0 Å². The smallest absolute Gasteiger partial charge is 0.305 e. The van der Waals surface area contributed by atoms with Crippen LogP contribution >= 0.6 is 0 Å². The second-order valence-corrected chi connectivity index (χ2v) is 22.4. The Bertz CT molecular complexity index is 1240. The predicted octanol–water partition coefficient (Wildman–Crippen LogP) is 20.9. The molecule has 0 aliphatic heterocycles. The lowest BCUT2D eigenvalue weighted by Gasteiger charge is -2.20. The van der Waals surface area contributed by atoms with Crippen LogP contribution in [-0.4, -0.2) is 47.4 Å². The molecule has 0 aromatic heterocycles. The van der Waals surface area contributed by atoms with Gasteiger partial charge >= 0.3 is 5.97 Å². The van der Waals surface area contributed by atoms with Crippen molar-refractivity contribution in [1.29, 1.82) is 0 Å². The zero-order valence-corrected chi connectivity index (χ0v) is 49.6. The van der Waals surface area contributed by atoms with Gasteiger partial charge in [-0.2, -0.15) is 0 Å². The minimum Gasteiger partial charge on any atom is -0.466 e. The summed E-state index contributed by atoms with van der Waals surface area (Å²) < 4.78 is 5.48. The Hall–Kier alpha value is -2.18. The molecule has 0 aliphatic rings. The topological polar surface area (TPSA) is 95.9 Å². The number of hydrogen-bond acceptors (Lipinski definition) is 5. The van der Waals surface area contributed by atoms with Gasteiger partial charge < -0.3 is 20.3 Å². The highest BCUT2D eigenvalue weighted by molar-refractivity contribution is 5.76. The van der Waals surface area contributed by atoms with Crippen molar-refractivity contribution in [3.8, 4) is 0 Å². The molecule has 74 heavy (non-hydrogen) atoms. The number of amides is 1. The SMILES string of the molecule is CCCCC/C=C\C/C=C\CCCCCCCC(=O)OCCCCCCCCCCCCCC/C=C\CCCCCCCCCC(=O)NC(CO)C(O)/C=C/CCCCCCCCCCCCCCCCCCC. The minimum atomic E-state index is -0.850. The Morgan fingerprint density at radius 2 is 0.676 bits per heavy atom. The highest BCUT2D eigenvalue weighted by Crippen LogP contribution is 2.17. The van der Waals surface area contributed by atoms with E-state index in [0.717, 1.165) is 57.8 Å². The fraction of sp³-hybridized carbons (Fsp3) is 0.853. The van der Waals surface area contributed by atoms with Crippen molar-refractivity contribution < 1.29 is 24.5 Å². The van der Waals surface area contributed by atoms with Crippen molar-refractivity contribution in [1.82, 2.24) is 5.32 Å². The first-order chi connectivity index (χ1) is 36.5. The third-order valence-corrected chi connectivity index (χ3v) is 15.1. The molecule has 0 rings (SSSR count). The van der Waals surface area contributed by atoms with Gasteiger partial charge in [-0.25, -0.2) is 0 Å². The number of nitrogens with one attached hydrogen (secondary N) is 1. The zero-order valence-electron chi connectivity index (χ0n) is 49.6. The van der Waals surface area contributed by atoms with Gasteiger partial charge in [-0.1, -0.05) is 294 Å². The van der Waals surface area contributed by atoms with Crippen LogP contribution < -0.4 is 5.32 Å². The number of hydrogen-bond donors (Lipinski definition) is 3. The van der Waals surface area contributed by atoms with E-state index in [-0.39, 0.29) is 18.5 Å². The van der Waals surface area contributed by atoms with E-state index >= 15 is 0 Å². The predicted molar refractivity (Wildman–Crippen MR) is 324 cm³/mol. The molecular weight excluding hydrogens is 911 g/mol. The minimum absolute atomic E-state index is 0.00310. The molecule has 0 radical (unpaired) electrons. The molecule has 0 aromatic carbocycles. The first kappa shape index (κ1) is 71.8. The summed E-state index contributed by atoms with van der Waals surface area (Å²) in [6, 6.07) is -0.634. The van der Waals surface area contributed by atoms with E-state index in [9.17, 15) is 19.8 Å². The van der Waals surface area contributed by atoms with Crippen LogP contribution in [0.15, 0.2) is 48.6 Å². The van der Waals surface area contributed by atoms with Crippen LogP contribution in [0.1, 0.15) is 348 Å². The van der Waals surface area contributed by atoms with E-state index in [4.69, 9.17) is 4.74 Å².